The zero-order valence-corrected chi connectivity index (χ0v) is 15.4. The molecule has 2 aliphatic rings. The fourth-order valence-electron chi connectivity index (χ4n) is 3.55. The van der Waals surface area contributed by atoms with Gasteiger partial charge in [0.25, 0.3) is 0 Å². The number of nitrogens with zero attached hydrogens (tertiary/aromatic N) is 7. The molecular formula is C21H20N7+. The van der Waals surface area contributed by atoms with Crippen LogP contribution < -0.4 is 4.57 Å². The van der Waals surface area contributed by atoms with Crippen LogP contribution in [-0.2, 0) is 0 Å². The Morgan fingerprint density at radius 2 is 1.82 bits per heavy atom. The van der Waals surface area contributed by atoms with E-state index in [-0.39, 0.29) is 0 Å². The summed E-state index contributed by atoms with van der Waals surface area (Å²) in [4.78, 5) is 4.43. The summed E-state index contributed by atoms with van der Waals surface area (Å²) in [6.45, 7) is 0. The predicted molar refractivity (Wildman–Crippen MR) is 102 cm³/mol. The summed E-state index contributed by atoms with van der Waals surface area (Å²) in [6.07, 6.45) is 12.6. The molecule has 0 unspecified atom stereocenters. The molecule has 2 aliphatic carbocycles. The summed E-state index contributed by atoms with van der Waals surface area (Å²) in [6, 6.07) is 13.1. The monoisotopic (exact) mass is 370 g/mol. The van der Waals surface area contributed by atoms with Crippen molar-refractivity contribution in [1.82, 2.24) is 29.5 Å². The van der Waals surface area contributed by atoms with E-state index in [1.165, 1.54) is 25.7 Å². The van der Waals surface area contributed by atoms with Crippen molar-refractivity contribution < 1.29 is 4.57 Å². The fraction of sp³-hybridized carbons (Fsp3) is 0.286. The zero-order chi connectivity index (χ0) is 18.5. The van der Waals surface area contributed by atoms with Gasteiger partial charge in [-0.15, -0.1) is 10.2 Å². The molecule has 7 nitrogen and oxygen atoms in total. The number of benzene rings is 1. The minimum Gasteiger partial charge on any atom is -0.310 e. The minimum absolute atomic E-state index is 0.559. The first kappa shape index (κ1) is 15.7. The largest absolute Gasteiger partial charge is 0.310 e. The summed E-state index contributed by atoms with van der Waals surface area (Å²) in [5.74, 6) is 2.47. The van der Waals surface area contributed by atoms with Gasteiger partial charge >= 0.3 is 0 Å². The summed E-state index contributed by atoms with van der Waals surface area (Å²) < 4.78 is 6.14. The standard InChI is InChI=1S/C21H20N7/c1-2-16(21-24-23-14-27(21)17-6-7-17)12-19(3-1)26-10-8-18(9-11-26)28-13-22-20(25-28)15-4-5-15/h1-3,8-15,17H,4-7H2/q+1. The van der Waals surface area contributed by atoms with E-state index >= 15 is 0 Å². The first-order valence-corrected chi connectivity index (χ1v) is 9.79. The Labute approximate surface area is 162 Å². The topological polar surface area (TPSA) is 65.3 Å². The van der Waals surface area contributed by atoms with E-state index in [9.17, 15) is 0 Å². The Hall–Kier alpha value is -3.35. The Kier molecular flexibility index (Phi) is 3.41. The molecule has 0 saturated heterocycles. The van der Waals surface area contributed by atoms with E-state index in [0.29, 0.717) is 12.0 Å². The van der Waals surface area contributed by atoms with Gasteiger partial charge in [0.2, 0.25) is 5.69 Å². The van der Waals surface area contributed by atoms with Crippen LogP contribution in [-0.4, -0.2) is 29.5 Å². The Morgan fingerprint density at radius 1 is 0.964 bits per heavy atom. The first-order chi connectivity index (χ1) is 13.8. The third-order valence-corrected chi connectivity index (χ3v) is 5.44. The van der Waals surface area contributed by atoms with Crippen LogP contribution in [0.4, 0.5) is 0 Å². The number of rotatable bonds is 5. The quantitative estimate of drug-likeness (QED) is 0.507. The average molecular weight is 370 g/mol. The van der Waals surface area contributed by atoms with Gasteiger partial charge in [-0.25, -0.2) is 9.67 Å². The SMILES string of the molecule is c1cc(-c2nncn2C2CC2)cc(-[n+]2ccc(-n3cnc(C4CC4)n3)cc2)c1. The molecule has 0 amide bonds. The lowest BCUT2D eigenvalue weighted by molar-refractivity contribution is -0.595. The maximum absolute atomic E-state index is 4.60. The van der Waals surface area contributed by atoms with E-state index in [1.807, 2.05) is 11.0 Å². The van der Waals surface area contributed by atoms with Gasteiger partial charge in [-0.05, 0) is 25.7 Å². The Morgan fingerprint density at radius 3 is 2.61 bits per heavy atom. The molecule has 0 spiro atoms. The third kappa shape index (κ3) is 2.79. The Bertz CT molecular complexity index is 1130. The van der Waals surface area contributed by atoms with E-state index < -0.39 is 0 Å². The highest BCUT2D eigenvalue weighted by atomic mass is 15.3. The van der Waals surface area contributed by atoms with E-state index in [1.54, 1.807) is 6.33 Å². The molecule has 0 radical (unpaired) electrons. The molecule has 1 aromatic carbocycles. The van der Waals surface area contributed by atoms with Gasteiger partial charge in [0, 0.05) is 41.8 Å². The average Bonchev–Trinajstić information content (AvgIpc) is 3.68. The number of aromatic nitrogens is 7. The van der Waals surface area contributed by atoms with Crippen molar-refractivity contribution in [3.8, 4) is 22.8 Å². The maximum Gasteiger partial charge on any atom is 0.211 e. The lowest BCUT2D eigenvalue weighted by Crippen LogP contribution is -2.29. The summed E-state index contributed by atoms with van der Waals surface area (Å²) in [5.41, 5.74) is 3.19. The van der Waals surface area contributed by atoms with Crippen LogP contribution in [0.25, 0.3) is 22.8 Å². The molecule has 4 aromatic rings. The van der Waals surface area contributed by atoms with Crippen molar-refractivity contribution in [3.63, 3.8) is 0 Å². The second-order valence-corrected chi connectivity index (χ2v) is 7.63. The highest BCUT2D eigenvalue weighted by molar-refractivity contribution is 5.58. The molecule has 7 heteroatoms. The van der Waals surface area contributed by atoms with Crippen molar-refractivity contribution in [3.05, 3.63) is 67.3 Å². The van der Waals surface area contributed by atoms with Gasteiger partial charge in [0.15, 0.2) is 24.0 Å². The van der Waals surface area contributed by atoms with Gasteiger partial charge in [0.05, 0.1) is 5.69 Å². The number of pyridine rings is 1. The van der Waals surface area contributed by atoms with Crippen LogP contribution >= 0.6 is 0 Å². The van der Waals surface area contributed by atoms with Crippen LogP contribution in [0, 0.1) is 0 Å². The number of hydrogen-bond acceptors (Lipinski definition) is 4. The van der Waals surface area contributed by atoms with Crippen molar-refractivity contribution in [1.29, 1.82) is 0 Å². The fourth-order valence-corrected chi connectivity index (χ4v) is 3.55. The normalized spacial score (nSPS) is 16.4. The minimum atomic E-state index is 0.559. The highest BCUT2D eigenvalue weighted by Crippen LogP contribution is 2.38. The van der Waals surface area contributed by atoms with Crippen LogP contribution in [0.5, 0.6) is 0 Å². The summed E-state index contributed by atoms with van der Waals surface area (Å²) in [7, 11) is 0. The molecular weight excluding hydrogens is 350 g/mol. The van der Waals surface area contributed by atoms with Gasteiger partial charge in [-0.1, -0.05) is 12.1 Å². The molecule has 2 fully saturated rings. The molecule has 6 rings (SSSR count). The molecule has 0 bridgehead atoms. The van der Waals surface area contributed by atoms with Gasteiger partial charge in [-0.2, -0.15) is 9.67 Å². The van der Waals surface area contributed by atoms with E-state index in [4.69, 9.17) is 0 Å². The zero-order valence-electron chi connectivity index (χ0n) is 15.4. The molecule has 3 aromatic heterocycles. The van der Waals surface area contributed by atoms with Gasteiger partial charge < -0.3 is 4.57 Å². The lowest BCUT2D eigenvalue weighted by atomic mass is 10.2. The smallest absolute Gasteiger partial charge is 0.211 e. The van der Waals surface area contributed by atoms with E-state index in [2.05, 4.69) is 78.2 Å². The molecule has 0 aliphatic heterocycles. The second kappa shape index (κ2) is 6.09. The first-order valence-electron chi connectivity index (χ1n) is 9.79. The molecule has 0 atom stereocenters. The van der Waals surface area contributed by atoms with Crippen molar-refractivity contribution in [2.45, 2.75) is 37.6 Å². The summed E-state index contributed by atoms with van der Waals surface area (Å²) >= 11 is 0. The molecule has 0 N–H and O–H groups in total. The van der Waals surface area contributed by atoms with Crippen LogP contribution in [0.1, 0.15) is 43.5 Å². The predicted octanol–water partition coefficient (Wildman–Crippen LogP) is 3.01. The van der Waals surface area contributed by atoms with Gasteiger partial charge in [0.1, 0.15) is 12.7 Å². The molecule has 138 valence electrons. The molecule has 2 saturated carbocycles. The van der Waals surface area contributed by atoms with Crippen LogP contribution in [0.3, 0.4) is 0 Å². The maximum atomic E-state index is 4.60. The Balaban J connectivity index is 1.30. The number of hydrogen-bond donors (Lipinski definition) is 0. The molecule has 3 heterocycles. The van der Waals surface area contributed by atoms with Crippen LogP contribution in [0.2, 0.25) is 0 Å². The summed E-state index contributed by atoms with van der Waals surface area (Å²) in [5, 5.41) is 13.1. The second-order valence-electron chi connectivity index (χ2n) is 7.63. The molecule has 28 heavy (non-hydrogen) atoms. The van der Waals surface area contributed by atoms with Crippen molar-refractivity contribution >= 4 is 0 Å². The third-order valence-electron chi connectivity index (χ3n) is 5.44. The van der Waals surface area contributed by atoms with Crippen LogP contribution in [0.15, 0.2) is 61.4 Å². The lowest BCUT2D eigenvalue weighted by Gasteiger charge is -2.05. The van der Waals surface area contributed by atoms with Crippen molar-refractivity contribution in [2.24, 2.45) is 0 Å². The van der Waals surface area contributed by atoms with E-state index in [0.717, 1.165) is 28.6 Å². The van der Waals surface area contributed by atoms with Gasteiger partial charge in [-0.3, -0.25) is 0 Å². The highest BCUT2D eigenvalue weighted by Gasteiger charge is 2.28. The van der Waals surface area contributed by atoms with Crippen molar-refractivity contribution in [2.75, 3.05) is 0 Å².